The monoisotopic (exact) mass is 382 g/mol. The molecule has 0 bridgehead atoms. The molecule has 2 atom stereocenters. The molecule has 2 fully saturated rings. The van der Waals surface area contributed by atoms with Crippen molar-refractivity contribution in [2.45, 2.75) is 57.8 Å². The first kappa shape index (κ1) is 22.2. The van der Waals surface area contributed by atoms with Crippen LogP contribution in [0.3, 0.4) is 0 Å². The van der Waals surface area contributed by atoms with Gasteiger partial charge in [0.15, 0.2) is 0 Å². The number of hydrogen-bond acceptors (Lipinski definition) is 6. The van der Waals surface area contributed by atoms with Crippen LogP contribution in [0.4, 0.5) is 0 Å². The molecule has 0 aliphatic carbocycles. The molecule has 0 aromatic carbocycles. The maximum absolute atomic E-state index is 11.8. The summed E-state index contributed by atoms with van der Waals surface area (Å²) in [6, 6.07) is 0. The van der Waals surface area contributed by atoms with E-state index in [1.165, 1.54) is 12.8 Å². The van der Waals surface area contributed by atoms with Crippen LogP contribution in [0, 0.1) is 11.8 Å². The number of hydrogen-bond donors (Lipinski definition) is 0. The normalized spacial score (nSPS) is 24.5. The van der Waals surface area contributed by atoms with Crippen molar-refractivity contribution in [1.82, 2.24) is 9.80 Å². The summed E-state index contributed by atoms with van der Waals surface area (Å²) in [6.07, 6.45) is 8.00. The molecule has 2 aliphatic rings. The molecule has 27 heavy (non-hydrogen) atoms. The summed E-state index contributed by atoms with van der Waals surface area (Å²) in [4.78, 5) is 28.3. The van der Waals surface area contributed by atoms with Crippen LogP contribution in [0.1, 0.15) is 57.8 Å². The van der Waals surface area contributed by atoms with Crippen LogP contribution in [-0.4, -0.2) is 75.2 Å². The summed E-state index contributed by atoms with van der Waals surface area (Å²) in [5.74, 6) is 0.747. The second-order valence-corrected chi connectivity index (χ2v) is 8.47. The van der Waals surface area contributed by atoms with Crippen molar-refractivity contribution in [2.75, 3.05) is 53.5 Å². The van der Waals surface area contributed by atoms with Gasteiger partial charge >= 0.3 is 11.9 Å². The number of esters is 2. The second kappa shape index (κ2) is 12.3. The lowest BCUT2D eigenvalue weighted by Crippen LogP contribution is -2.34. The molecule has 6 heteroatoms. The first-order valence-electron chi connectivity index (χ1n) is 10.7. The number of ether oxygens (including phenoxy) is 2. The Kier molecular flexibility index (Phi) is 10.1. The Morgan fingerprint density at radius 3 is 1.63 bits per heavy atom. The van der Waals surface area contributed by atoms with Crippen LogP contribution >= 0.6 is 0 Å². The summed E-state index contributed by atoms with van der Waals surface area (Å²) < 4.78 is 10.8. The molecule has 0 saturated carbocycles. The van der Waals surface area contributed by atoms with E-state index in [1.54, 1.807) is 0 Å². The summed E-state index contributed by atoms with van der Waals surface area (Å²) >= 11 is 0. The SMILES string of the molecule is CN1CCCC(COC(=O)CCCCCC(=O)OCC2CCCN(C)C2)C1. The molecule has 2 aliphatic heterocycles. The second-order valence-electron chi connectivity index (χ2n) is 8.47. The standard InChI is InChI=1S/C21H38N2O4/c1-22-12-6-8-18(14-22)16-26-20(24)10-4-3-5-11-21(25)27-17-19-9-7-13-23(2)15-19/h18-19H,3-17H2,1-2H3. The van der Waals surface area contributed by atoms with Gasteiger partial charge in [0.25, 0.3) is 0 Å². The van der Waals surface area contributed by atoms with Crippen molar-refractivity contribution in [3.05, 3.63) is 0 Å². The molecule has 2 rings (SSSR count). The Balaban J connectivity index is 1.43. The van der Waals surface area contributed by atoms with E-state index < -0.39 is 0 Å². The Bertz CT molecular complexity index is 417. The van der Waals surface area contributed by atoms with Crippen LogP contribution in [0.2, 0.25) is 0 Å². The molecule has 0 N–H and O–H groups in total. The van der Waals surface area contributed by atoms with Gasteiger partial charge in [-0.25, -0.2) is 0 Å². The molecule has 0 aromatic heterocycles. The lowest BCUT2D eigenvalue weighted by molar-refractivity contribution is -0.146. The predicted molar refractivity (Wildman–Crippen MR) is 105 cm³/mol. The maximum Gasteiger partial charge on any atom is 0.305 e. The van der Waals surface area contributed by atoms with Gasteiger partial charge in [-0.2, -0.15) is 0 Å². The maximum atomic E-state index is 11.8. The number of nitrogens with zero attached hydrogens (tertiary/aromatic N) is 2. The summed E-state index contributed by atoms with van der Waals surface area (Å²) in [6.45, 7) is 5.42. The molecular weight excluding hydrogens is 344 g/mol. The highest BCUT2D eigenvalue weighted by atomic mass is 16.5. The highest BCUT2D eigenvalue weighted by Gasteiger charge is 2.19. The van der Waals surface area contributed by atoms with Crippen molar-refractivity contribution in [2.24, 2.45) is 11.8 Å². The number of likely N-dealkylation sites (tertiary alicyclic amines) is 2. The van der Waals surface area contributed by atoms with Gasteiger partial charge in [-0.05, 0) is 65.7 Å². The van der Waals surface area contributed by atoms with Crippen LogP contribution < -0.4 is 0 Å². The number of unbranched alkanes of at least 4 members (excludes halogenated alkanes) is 2. The minimum atomic E-state index is -0.104. The van der Waals surface area contributed by atoms with Crippen molar-refractivity contribution < 1.29 is 19.1 Å². The van der Waals surface area contributed by atoms with Crippen molar-refractivity contribution in [3.63, 3.8) is 0 Å². The third-order valence-electron chi connectivity index (χ3n) is 5.67. The van der Waals surface area contributed by atoms with Crippen LogP contribution in [0.25, 0.3) is 0 Å². The third kappa shape index (κ3) is 9.56. The molecule has 0 amide bonds. The molecule has 0 spiro atoms. The lowest BCUT2D eigenvalue weighted by atomic mass is 9.99. The average Bonchev–Trinajstić information content (AvgIpc) is 2.64. The summed E-state index contributed by atoms with van der Waals surface area (Å²) in [7, 11) is 4.24. The molecule has 2 saturated heterocycles. The van der Waals surface area contributed by atoms with Crippen molar-refractivity contribution in [3.8, 4) is 0 Å². The fraction of sp³-hybridized carbons (Fsp3) is 0.905. The van der Waals surface area contributed by atoms with E-state index in [0.717, 1.165) is 58.3 Å². The van der Waals surface area contributed by atoms with Crippen molar-refractivity contribution in [1.29, 1.82) is 0 Å². The number of rotatable bonds is 10. The van der Waals surface area contributed by atoms with Crippen molar-refractivity contribution >= 4 is 11.9 Å². The Hall–Kier alpha value is -1.14. The molecule has 0 aromatic rings. The van der Waals surface area contributed by atoms with E-state index in [4.69, 9.17) is 9.47 Å². The molecule has 2 heterocycles. The van der Waals surface area contributed by atoms with E-state index in [2.05, 4.69) is 23.9 Å². The lowest BCUT2D eigenvalue weighted by Gasteiger charge is -2.29. The van der Waals surface area contributed by atoms with E-state index in [0.29, 0.717) is 37.9 Å². The van der Waals surface area contributed by atoms with Gasteiger partial charge in [-0.15, -0.1) is 0 Å². The number of carbonyl (C=O) groups is 2. The smallest absolute Gasteiger partial charge is 0.305 e. The van der Waals surface area contributed by atoms with Gasteiger partial charge < -0.3 is 19.3 Å². The average molecular weight is 383 g/mol. The van der Waals surface area contributed by atoms with Gasteiger partial charge in [0, 0.05) is 37.8 Å². The zero-order valence-electron chi connectivity index (χ0n) is 17.3. The highest BCUT2D eigenvalue weighted by Crippen LogP contribution is 2.17. The van der Waals surface area contributed by atoms with Gasteiger partial charge in [0.2, 0.25) is 0 Å². The Labute approximate surface area is 164 Å². The quantitative estimate of drug-likeness (QED) is 0.428. The van der Waals surface area contributed by atoms with Crippen LogP contribution in [-0.2, 0) is 19.1 Å². The van der Waals surface area contributed by atoms with Gasteiger partial charge in [0.05, 0.1) is 13.2 Å². The van der Waals surface area contributed by atoms with E-state index in [-0.39, 0.29) is 11.9 Å². The van der Waals surface area contributed by atoms with E-state index >= 15 is 0 Å². The molecule has 0 radical (unpaired) electrons. The van der Waals surface area contributed by atoms with Crippen LogP contribution in [0.15, 0.2) is 0 Å². The van der Waals surface area contributed by atoms with E-state index in [9.17, 15) is 9.59 Å². The zero-order valence-corrected chi connectivity index (χ0v) is 17.3. The highest BCUT2D eigenvalue weighted by molar-refractivity contribution is 5.69. The molecule has 156 valence electrons. The minimum Gasteiger partial charge on any atom is -0.465 e. The number of piperidine rings is 2. The summed E-state index contributed by atoms with van der Waals surface area (Å²) in [5.41, 5.74) is 0. The fourth-order valence-corrected chi connectivity index (χ4v) is 4.10. The topological polar surface area (TPSA) is 59.1 Å². The van der Waals surface area contributed by atoms with Crippen LogP contribution in [0.5, 0.6) is 0 Å². The van der Waals surface area contributed by atoms with Gasteiger partial charge in [-0.1, -0.05) is 6.42 Å². The first-order chi connectivity index (χ1) is 13.0. The first-order valence-corrected chi connectivity index (χ1v) is 10.7. The van der Waals surface area contributed by atoms with Gasteiger partial charge in [-0.3, -0.25) is 9.59 Å². The zero-order chi connectivity index (χ0) is 19.5. The fourth-order valence-electron chi connectivity index (χ4n) is 4.10. The van der Waals surface area contributed by atoms with E-state index in [1.807, 2.05) is 0 Å². The van der Waals surface area contributed by atoms with Gasteiger partial charge in [0.1, 0.15) is 0 Å². The molecule has 6 nitrogen and oxygen atoms in total. The minimum absolute atomic E-state index is 0.104. The Morgan fingerprint density at radius 2 is 1.22 bits per heavy atom. The molecule has 2 unspecified atom stereocenters. The predicted octanol–water partition coefficient (Wildman–Crippen LogP) is 2.71. The number of carbonyl (C=O) groups excluding carboxylic acids is 2. The third-order valence-corrected chi connectivity index (χ3v) is 5.67. The molecular formula is C21H38N2O4. The summed E-state index contributed by atoms with van der Waals surface area (Å²) in [5, 5.41) is 0. The largest absolute Gasteiger partial charge is 0.465 e. The Morgan fingerprint density at radius 1 is 0.778 bits per heavy atom.